The molecule has 1 aromatic heterocycles. The Morgan fingerprint density at radius 3 is 3.06 bits per heavy atom. The van der Waals surface area contributed by atoms with E-state index in [2.05, 4.69) is 29.1 Å². The Morgan fingerprint density at radius 2 is 2.29 bits per heavy atom. The van der Waals surface area contributed by atoms with Gasteiger partial charge in [-0.2, -0.15) is 0 Å². The van der Waals surface area contributed by atoms with Crippen LogP contribution in [0.1, 0.15) is 37.4 Å². The SMILES string of the molecule is CC1CCC(C)N(Cc2csc(CCN)n2)C1. The van der Waals surface area contributed by atoms with E-state index in [1.807, 2.05) is 0 Å². The third-order valence-electron chi connectivity index (χ3n) is 3.57. The van der Waals surface area contributed by atoms with Gasteiger partial charge in [-0.3, -0.25) is 4.90 Å². The molecule has 1 fully saturated rings. The molecule has 1 aliphatic heterocycles. The summed E-state index contributed by atoms with van der Waals surface area (Å²) in [6, 6.07) is 0.700. The summed E-state index contributed by atoms with van der Waals surface area (Å²) in [6.45, 7) is 7.60. The molecule has 1 aliphatic rings. The quantitative estimate of drug-likeness (QED) is 0.895. The molecule has 4 heteroatoms. The summed E-state index contributed by atoms with van der Waals surface area (Å²) in [4.78, 5) is 7.22. The van der Waals surface area contributed by atoms with Gasteiger partial charge in [0, 0.05) is 30.9 Å². The van der Waals surface area contributed by atoms with Gasteiger partial charge in [0.05, 0.1) is 10.7 Å². The Kier molecular flexibility index (Phi) is 4.54. The standard InChI is InChI=1S/C13H23N3S/c1-10-3-4-11(2)16(7-10)8-12-9-17-13(15-12)5-6-14/h9-11H,3-8,14H2,1-2H3. The minimum absolute atomic E-state index is 0.699. The number of nitrogens with zero attached hydrogens (tertiary/aromatic N) is 2. The van der Waals surface area contributed by atoms with Crippen LogP contribution in [0.3, 0.4) is 0 Å². The molecule has 0 bridgehead atoms. The minimum atomic E-state index is 0.699. The predicted octanol–water partition coefficient (Wildman–Crippen LogP) is 2.26. The molecular weight excluding hydrogens is 230 g/mol. The monoisotopic (exact) mass is 253 g/mol. The summed E-state index contributed by atoms with van der Waals surface area (Å²) in [5.41, 5.74) is 6.77. The topological polar surface area (TPSA) is 42.1 Å². The number of piperidine rings is 1. The summed E-state index contributed by atoms with van der Waals surface area (Å²) in [5, 5.41) is 3.37. The van der Waals surface area contributed by atoms with Crippen molar-refractivity contribution >= 4 is 11.3 Å². The van der Waals surface area contributed by atoms with Gasteiger partial charge < -0.3 is 5.73 Å². The van der Waals surface area contributed by atoms with Crippen molar-refractivity contribution in [2.45, 2.75) is 45.7 Å². The molecule has 0 saturated carbocycles. The van der Waals surface area contributed by atoms with Crippen molar-refractivity contribution in [2.75, 3.05) is 13.1 Å². The molecule has 2 unspecified atom stereocenters. The first kappa shape index (κ1) is 13.0. The highest BCUT2D eigenvalue weighted by atomic mass is 32.1. The van der Waals surface area contributed by atoms with E-state index in [1.54, 1.807) is 11.3 Å². The third kappa shape index (κ3) is 3.50. The van der Waals surface area contributed by atoms with E-state index < -0.39 is 0 Å². The second-order valence-electron chi connectivity index (χ2n) is 5.23. The Bertz CT molecular complexity index is 350. The van der Waals surface area contributed by atoms with Crippen molar-refractivity contribution in [3.63, 3.8) is 0 Å². The lowest BCUT2D eigenvalue weighted by Gasteiger charge is -2.36. The smallest absolute Gasteiger partial charge is 0.0941 e. The zero-order valence-corrected chi connectivity index (χ0v) is 11.7. The van der Waals surface area contributed by atoms with Crippen LogP contribution in [0.4, 0.5) is 0 Å². The summed E-state index contributed by atoms with van der Waals surface area (Å²) in [5.74, 6) is 0.827. The number of aromatic nitrogens is 1. The first-order chi connectivity index (χ1) is 8.19. The van der Waals surface area contributed by atoms with Gasteiger partial charge >= 0.3 is 0 Å². The minimum Gasteiger partial charge on any atom is -0.330 e. The van der Waals surface area contributed by atoms with Crippen molar-refractivity contribution in [1.29, 1.82) is 0 Å². The predicted molar refractivity (Wildman–Crippen MR) is 73.1 cm³/mol. The largest absolute Gasteiger partial charge is 0.330 e. The van der Waals surface area contributed by atoms with Crippen LogP contribution in [-0.4, -0.2) is 29.0 Å². The lowest BCUT2D eigenvalue weighted by molar-refractivity contribution is 0.116. The average Bonchev–Trinajstić information content (AvgIpc) is 2.72. The molecule has 0 radical (unpaired) electrons. The van der Waals surface area contributed by atoms with Crippen LogP contribution < -0.4 is 5.73 Å². The van der Waals surface area contributed by atoms with Crippen LogP contribution in [0.2, 0.25) is 0 Å². The number of thiazole rings is 1. The maximum atomic E-state index is 5.55. The summed E-state index contributed by atoms with van der Waals surface area (Å²) in [6.07, 6.45) is 3.60. The van der Waals surface area contributed by atoms with Crippen molar-refractivity contribution in [3.8, 4) is 0 Å². The fourth-order valence-electron chi connectivity index (χ4n) is 2.47. The second kappa shape index (κ2) is 5.94. The Morgan fingerprint density at radius 1 is 1.47 bits per heavy atom. The Labute approximate surface area is 108 Å². The summed E-state index contributed by atoms with van der Waals surface area (Å²) < 4.78 is 0. The third-order valence-corrected chi connectivity index (χ3v) is 4.53. The highest BCUT2D eigenvalue weighted by Crippen LogP contribution is 2.23. The molecule has 0 aliphatic carbocycles. The van der Waals surface area contributed by atoms with E-state index in [9.17, 15) is 0 Å². The molecule has 17 heavy (non-hydrogen) atoms. The van der Waals surface area contributed by atoms with Crippen LogP contribution in [-0.2, 0) is 13.0 Å². The van der Waals surface area contributed by atoms with E-state index >= 15 is 0 Å². The molecule has 1 aromatic rings. The molecule has 0 spiro atoms. The van der Waals surface area contributed by atoms with Crippen molar-refractivity contribution in [2.24, 2.45) is 11.7 Å². The summed E-state index contributed by atoms with van der Waals surface area (Å²) in [7, 11) is 0. The maximum absolute atomic E-state index is 5.55. The zero-order chi connectivity index (χ0) is 12.3. The van der Waals surface area contributed by atoms with Gasteiger partial charge in [0.1, 0.15) is 0 Å². The molecule has 2 atom stereocenters. The molecule has 2 rings (SSSR count). The number of nitrogens with two attached hydrogens (primary N) is 1. The molecule has 0 amide bonds. The lowest BCUT2D eigenvalue weighted by Crippen LogP contribution is -2.40. The van der Waals surface area contributed by atoms with Gasteiger partial charge in [0.15, 0.2) is 0 Å². The number of likely N-dealkylation sites (tertiary alicyclic amines) is 1. The maximum Gasteiger partial charge on any atom is 0.0941 e. The van der Waals surface area contributed by atoms with Crippen LogP contribution in [0.25, 0.3) is 0 Å². The number of hydrogen-bond donors (Lipinski definition) is 1. The first-order valence-corrected chi connectivity index (χ1v) is 7.44. The van der Waals surface area contributed by atoms with E-state index in [4.69, 9.17) is 5.73 Å². The van der Waals surface area contributed by atoms with Crippen molar-refractivity contribution < 1.29 is 0 Å². The van der Waals surface area contributed by atoms with E-state index in [0.29, 0.717) is 12.6 Å². The van der Waals surface area contributed by atoms with E-state index in [0.717, 1.165) is 18.9 Å². The van der Waals surface area contributed by atoms with Crippen LogP contribution in [0.15, 0.2) is 5.38 Å². The molecule has 96 valence electrons. The van der Waals surface area contributed by atoms with Crippen LogP contribution >= 0.6 is 11.3 Å². The number of rotatable bonds is 4. The normalized spacial score (nSPS) is 26.3. The first-order valence-electron chi connectivity index (χ1n) is 6.56. The van der Waals surface area contributed by atoms with Crippen LogP contribution in [0, 0.1) is 5.92 Å². The highest BCUT2D eigenvalue weighted by molar-refractivity contribution is 7.09. The fourth-order valence-corrected chi connectivity index (χ4v) is 3.27. The molecule has 2 N–H and O–H groups in total. The molecule has 1 saturated heterocycles. The Hall–Kier alpha value is -0.450. The van der Waals surface area contributed by atoms with Crippen molar-refractivity contribution in [1.82, 2.24) is 9.88 Å². The van der Waals surface area contributed by atoms with E-state index in [-0.39, 0.29) is 0 Å². The molecule has 3 nitrogen and oxygen atoms in total. The number of hydrogen-bond acceptors (Lipinski definition) is 4. The van der Waals surface area contributed by atoms with Gasteiger partial charge in [-0.25, -0.2) is 4.98 Å². The fraction of sp³-hybridized carbons (Fsp3) is 0.769. The summed E-state index contributed by atoms with van der Waals surface area (Å²) >= 11 is 1.75. The van der Waals surface area contributed by atoms with Crippen molar-refractivity contribution in [3.05, 3.63) is 16.1 Å². The molecule has 2 heterocycles. The lowest BCUT2D eigenvalue weighted by atomic mass is 9.95. The average molecular weight is 253 g/mol. The van der Waals surface area contributed by atoms with Gasteiger partial charge in [-0.1, -0.05) is 6.92 Å². The Balaban J connectivity index is 1.94. The van der Waals surface area contributed by atoms with Gasteiger partial charge in [-0.15, -0.1) is 11.3 Å². The highest BCUT2D eigenvalue weighted by Gasteiger charge is 2.23. The van der Waals surface area contributed by atoms with Gasteiger partial charge in [0.25, 0.3) is 0 Å². The van der Waals surface area contributed by atoms with Crippen LogP contribution in [0.5, 0.6) is 0 Å². The zero-order valence-electron chi connectivity index (χ0n) is 10.9. The molecular formula is C13H23N3S. The van der Waals surface area contributed by atoms with Gasteiger partial charge in [-0.05, 0) is 32.2 Å². The molecule has 0 aromatic carbocycles. The second-order valence-corrected chi connectivity index (χ2v) is 6.17. The van der Waals surface area contributed by atoms with Gasteiger partial charge in [0.2, 0.25) is 0 Å². The van der Waals surface area contributed by atoms with E-state index in [1.165, 1.54) is 30.1 Å².